The molecule has 1 aliphatic carbocycles. The molecule has 0 radical (unpaired) electrons. The van der Waals surface area contributed by atoms with Crippen LogP contribution in [0.25, 0.3) is 0 Å². The van der Waals surface area contributed by atoms with Crippen LogP contribution < -0.4 is 5.32 Å². The van der Waals surface area contributed by atoms with Crippen molar-refractivity contribution in [2.75, 3.05) is 11.9 Å². The molecule has 1 aliphatic heterocycles. The molecule has 4 heteroatoms. The van der Waals surface area contributed by atoms with Crippen molar-refractivity contribution >= 4 is 5.69 Å². The van der Waals surface area contributed by atoms with E-state index in [0.29, 0.717) is 0 Å². The van der Waals surface area contributed by atoms with Crippen LogP contribution in [-0.4, -0.2) is 18.2 Å². The summed E-state index contributed by atoms with van der Waals surface area (Å²) < 4.78 is 19.6. The molecule has 1 saturated carbocycles. The van der Waals surface area contributed by atoms with E-state index in [2.05, 4.69) is 5.32 Å². The lowest BCUT2D eigenvalue weighted by Gasteiger charge is -2.33. The second-order valence-corrected chi connectivity index (χ2v) is 6.21. The normalized spacial score (nSPS) is 23.9. The largest absolute Gasteiger partial charge is 0.382 e. The zero-order chi connectivity index (χ0) is 14.7. The number of nitrogens with zero attached hydrogens (tertiary/aromatic N) is 1. The Bertz CT molecular complexity index is 546. The molecule has 1 aromatic carbocycles. The van der Waals surface area contributed by atoms with Crippen molar-refractivity contribution < 1.29 is 9.13 Å². The van der Waals surface area contributed by atoms with Crippen molar-refractivity contribution in [1.82, 2.24) is 0 Å². The Morgan fingerprint density at radius 2 is 2.10 bits per heavy atom. The summed E-state index contributed by atoms with van der Waals surface area (Å²) in [6.45, 7) is 0.720. The molecule has 1 heterocycles. The van der Waals surface area contributed by atoms with Crippen molar-refractivity contribution in [3.05, 3.63) is 29.6 Å². The number of hydrogen-bond acceptors (Lipinski definition) is 3. The van der Waals surface area contributed by atoms with Crippen LogP contribution in [0.15, 0.2) is 18.2 Å². The van der Waals surface area contributed by atoms with E-state index in [-0.39, 0.29) is 17.3 Å². The Balaban J connectivity index is 1.55. The number of hydrogen-bond donors (Lipinski definition) is 1. The molecule has 2 fully saturated rings. The van der Waals surface area contributed by atoms with Gasteiger partial charge < -0.3 is 10.1 Å². The van der Waals surface area contributed by atoms with E-state index in [1.54, 1.807) is 12.1 Å². The minimum absolute atomic E-state index is 0.0797. The molecule has 1 unspecified atom stereocenters. The summed E-state index contributed by atoms with van der Waals surface area (Å²) in [6, 6.07) is 6.42. The van der Waals surface area contributed by atoms with Crippen molar-refractivity contribution in [2.45, 2.75) is 56.7 Å². The Hall–Kier alpha value is -1.60. The van der Waals surface area contributed by atoms with Gasteiger partial charge in [-0.2, -0.15) is 5.26 Å². The van der Waals surface area contributed by atoms with Gasteiger partial charge in [0.15, 0.2) is 0 Å². The molecule has 1 N–H and O–H groups in total. The quantitative estimate of drug-likeness (QED) is 0.914. The number of halogens is 1. The molecule has 1 saturated heterocycles. The molecule has 2 aliphatic rings. The summed E-state index contributed by atoms with van der Waals surface area (Å²) in [6.07, 6.45) is 8.75. The monoisotopic (exact) mass is 288 g/mol. The SMILES string of the molecule is N#Cc1cc(NCC2CCC3(CCCCC3)O2)ccc1F. The van der Waals surface area contributed by atoms with Gasteiger partial charge in [-0.05, 0) is 43.9 Å². The molecule has 0 amide bonds. The minimum Gasteiger partial charge on any atom is -0.382 e. The van der Waals surface area contributed by atoms with Gasteiger partial charge in [0.25, 0.3) is 0 Å². The lowest BCUT2D eigenvalue weighted by atomic mass is 9.83. The van der Waals surface area contributed by atoms with Gasteiger partial charge in [0.05, 0.1) is 17.3 Å². The van der Waals surface area contributed by atoms with Crippen LogP contribution in [-0.2, 0) is 4.74 Å². The fraction of sp³-hybridized carbons (Fsp3) is 0.588. The lowest BCUT2D eigenvalue weighted by molar-refractivity contribution is -0.0588. The van der Waals surface area contributed by atoms with Crippen molar-refractivity contribution in [1.29, 1.82) is 5.26 Å². The van der Waals surface area contributed by atoms with E-state index >= 15 is 0 Å². The van der Waals surface area contributed by atoms with E-state index < -0.39 is 5.82 Å². The van der Waals surface area contributed by atoms with E-state index in [0.717, 1.165) is 25.1 Å². The van der Waals surface area contributed by atoms with Gasteiger partial charge in [-0.25, -0.2) is 4.39 Å². The fourth-order valence-corrected chi connectivity index (χ4v) is 3.56. The number of nitrogens with one attached hydrogen (secondary N) is 1. The highest BCUT2D eigenvalue weighted by Crippen LogP contribution is 2.41. The molecule has 112 valence electrons. The predicted molar refractivity (Wildman–Crippen MR) is 79.5 cm³/mol. The average Bonchev–Trinajstić information content (AvgIpc) is 2.90. The first kappa shape index (κ1) is 14.3. The molecule has 1 spiro atoms. The van der Waals surface area contributed by atoms with Gasteiger partial charge in [-0.3, -0.25) is 0 Å². The number of ether oxygens (including phenoxy) is 1. The van der Waals surface area contributed by atoms with Gasteiger partial charge in [0.1, 0.15) is 11.9 Å². The number of anilines is 1. The van der Waals surface area contributed by atoms with Gasteiger partial charge >= 0.3 is 0 Å². The first-order chi connectivity index (χ1) is 10.2. The molecule has 0 aromatic heterocycles. The summed E-state index contributed by atoms with van der Waals surface area (Å²) in [5, 5.41) is 12.1. The third-order valence-electron chi connectivity index (χ3n) is 4.72. The third-order valence-corrected chi connectivity index (χ3v) is 4.72. The zero-order valence-electron chi connectivity index (χ0n) is 12.2. The zero-order valence-corrected chi connectivity index (χ0v) is 12.2. The maximum absolute atomic E-state index is 13.3. The first-order valence-electron chi connectivity index (χ1n) is 7.82. The van der Waals surface area contributed by atoms with Crippen LogP contribution >= 0.6 is 0 Å². The smallest absolute Gasteiger partial charge is 0.141 e. The Labute approximate surface area is 125 Å². The third kappa shape index (κ3) is 3.19. The molecular weight excluding hydrogens is 267 g/mol. The summed E-state index contributed by atoms with van der Waals surface area (Å²) in [4.78, 5) is 0. The Morgan fingerprint density at radius 1 is 1.29 bits per heavy atom. The van der Waals surface area contributed by atoms with Crippen molar-refractivity contribution in [2.24, 2.45) is 0 Å². The summed E-state index contributed by atoms with van der Waals surface area (Å²) >= 11 is 0. The number of rotatable bonds is 3. The highest BCUT2D eigenvalue weighted by molar-refractivity contribution is 5.49. The maximum Gasteiger partial charge on any atom is 0.141 e. The average molecular weight is 288 g/mol. The van der Waals surface area contributed by atoms with E-state index in [4.69, 9.17) is 10.00 Å². The van der Waals surface area contributed by atoms with E-state index in [1.165, 1.54) is 38.2 Å². The first-order valence-corrected chi connectivity index (χ1v) is 7.82. The molecule has 1 aromatic rings. The van der Waals surface area contributed by atoms with Gasteiger partial charge in [-0.1, -0.05) is 19.3 Å². The topological polar surface area (TPSA) is 45.0 Å². The van der Waals surface area contributed by atoms with Crippen LogP contribution in [0.3, 0.4) is 0 Å². The number of nitriles is 1. The molecule has 3 nitrogen and oxygen atoms in total. The Kier molecular flexibility index (Phi) is 4.12. The maximum atomic E-state index is 13.3. The second kappa shape index (κ2) is 6.03. The number of benzene rings is 1. The van der Waals surface area contributed by atoms with E-state index in [1.807, 2.05) is 6.07 Å². The van der Waals surface area contributed by atoms with Gasteiger partial charge in [0, 0.05) is 12.2 Å². The lowest BCUT2D eigenvalue weighted by Crippen LogP contribution is -2.33. The van der Waals surface area contributed by atoms with Gasteiger partial charge in [-0.15, -0.1) is 0 Å². The van der Waals surface area contributed by atoms with Crippen LogP contribution in [0, 0.1) is 17.1 Å². The summed E-state index contributed by atoms with van der Waals surface area (Å²) in [5.74, 6) is -0.471. The van der Waals surface area contributed by atoms with E-state index in [9.17, 15) is 4.39 Å². The molecular formula is C17H21FN2O. The molecule has 0 bridgehead atoms. The van der Waals surface area contributed by atoms with Crippen LogP contribution in [0.2, 0.25) is 0 Å². The Morgan fingerprint density at radius 3 is 2.86 bits per heavy atom. The summed E-state index contributed by atoms with van der Waals surface area (Å²) in [7, 11) is 0. The van der Waals surface area contributed by atoms with Crippen LogP contribution in [0.5, 0.6) is 0 Å². The molecule has 21 heavy (non-hydrogen) atoms. The van der Waals surface area contributed by atoms with Crippen LogP contribution in [0.4, 0.5) is 10.1 Å². The van der Waals surface area contributed by atoms with Crippen LogP contribution in [0.1, 0.15) is 50.5 Å². The van der Waals surface area contributed by atoms with Crippen molar-refractivity contribution in [3.8, 4) is 6.07 Å². The minimum atomic E-state index is -0.471. The van der Waals surface area contributed by atoms with Crippen molar-refractivity contribution in [3.63, 3.8) is 0 Å². The second-order valence-electron chi connectivity index (χ2n) is 6.21. The standard InChI is InChI=1S/C17H21FN2O/c18-16-5-4-14(10-13(16)11-19)20-12-15-6-9-17(21-15)7-2-1-3-8-17/h4-5,10,15,20H,1-3,6-9,12H2. The fourth-order valence-electron chi connectivity index (χ4n) is 3.56. The highest BCUT2D eigenvalue weighted by Gasteiger charge is 2.40. The highest BCUT2D eigenvalue weighted by atomic mass is 19.1. The molecule has 1 atom stereocenters. The molecule has 3 rings (SSSR count). The summed E-state index contributed by atoms with van der Waals surface area (Å²) in [5.41, 5.74) is 0.989. The van der Waals surface area contributed by atoms with Gasteiger partial charge in [0.2, 0.25) is 0 Å². The predicted octanol–water partition coefficient (Wildman–Crippen LogP) is 3.99.